The fourth-order valence-corrected chi connectivity index (χ4v) is 3.20. The zero-order valence-electron chi connectivity index (χ0n) is 16.8. The van der Waals surface area contributed by atoms with E-state index in [1.807, 2.05) is 70.2 Å². The van der Waals surface area contributed by atoms with Gasteiger partial charge in [-0.05, 0) is 38.3 Å². The lowest BCUT2D eigenvalue weighted by Crippen LogP contribution is -2.49. The Morgan fingerprint density at radius 3 is 2.26 bits per heavy atom. The van der Waals surface area contributed by atoms with Gasteiger partial charge < -0.3 is 10.2 Å². The van der Waals surface area contributed by atoms with Crippen molar-refractivity contribution >= 4 is 11.8 Å². The molecule has 27 heavy (non-hydrogen) atoms. The third-order valence-corrected chi connectivity index (χ3v) is 4.65. The highest BCUT2D eigenvalue weighted by Crippen LogP contribution is 2.16. The van der Waals surface area contributed by atoms with Crippen LogP contribution in [0.4, 0.5) is 0 Å². The van der Waals surface area contributed by atoms with Crippen LogP contribution in [0.25, 0.3) is 0 Å². The smallest absolute Gasteiger partial charge is 0.242 e. The number of carbonyl (C=O) groups excluding carboxylic acids is 2. The van der Waals surface area contributed by atoms with Gasteiger partial charge in [0, 0.05) is 13.1 Å². The lowest BCUT2D eigenvalue weighted by Gasteiger charge is -2.30. The van der Waals surface area contributed by atoms with E-state index in [1.54, 1.807) is 4.90 Å². The summed E-state index contributed by atoms with van der Waals surface area (Å²) < 4.78 is 0. The van der Waals surface area contributed by atoms with Crippen molar-refractivity contribution in [3.05, 3.63) is 70.8 Å². The summed E-state index contributed by atoms with van der Waals surface area (Å²) in [5.41, 5.74) is 4.31. The van der Waals surface area contributed by atoms with E-state index in [2.05, 4.69) is 11.4 Å². The maximum atomic E-state index is 13.1. The van der Waals surface area contributed by atoms with Crippen molar-refractivity contribution in [2.24, 2.45) is 0 Å². The average molecular weight is 367 g/mol. The molecule has 0 heterocycles. The molecule has 0 radical (unpaired) electrons. The Hall–Kier alpha value is -2.62. The predicted molar refractivity (Wildman–Crippen MR) is 109 cm³/mol. The summed E-state index contributed by atoms with van der Waals surface area (Å²) in [6.45, 7) is 8.88. The minimum Gasteiger partial charge on any atom is -0.355 e. The maximum Gasteiger partial charge on any atom is 0.242 e. The van der Waals surface area contributed by atoms with Crippen molar-refractivity contribution in [3.63, 3.8) is 0 Å². The molecule has 2 amide bonds. The number of nitrogens with zero attached hydrogens (tertiary/aromatic N) is 1. The summed E-state index contributed by atoms with van der Waals surface area (Å²) in [5.74, 6) is -0.122. The lowest BCUT2D eigenvalue weighted by atomic mass is 10.0. The third-order valence-electron chi connectivity index (χ3n) is 4.65. The van der Waals surface area contributed by atoms with Crippen molar-refractivity contribution in [2.45, 2.75) is 53.1 Å². The fraction of sp³-hybridized carbons (Fsp3) is 0.391. The molecule has 0 fully saturated rings. The number of hydrogen-bond acceptors (Lipinski definition) is 2. The predicted octanol–water partition coefficient (Wildman–Crippen LogP) is 3.79. The van der Waals surface area contributed by atoms with Crippen LogP contribution in [0.5, 0.6) is 0 Å². The van der Waals surface area contributed by atoms with Gasteiger partial charge in [-0.25, -0.2) is 0 Å². The van der Waals surface area contributed by atoms with E-state index in [1.165, 1.54) is 0 Å². The first-order valence-corrected chi connectivity index (χ1v) is 9.62. The number of carbonyl (C=O) groups is 2. The summed E-state index contributed by atoms with van der Waals surface area (Å²) >= 11 is 0. The highest BCUT2D eigenvalue weighted by Gasteiger charge is 2.28. The summed E-state index contributed by atoms with van der Waals surface area (Å²) in [7, 11) is 0. The van der Waals surface area contributed by atoms with Gasteiger partial charge >= 0.3 is 0 Å². The van der Waals surface area contributed by atoms with E-state index < -0.39 is 6.04 Å². The van der Waals surface area contributed by atoms with Crippen molar-refractivity contribution in [1.29, 1.82) is 0 Å². The molecule has 4 heteroatoms. The number of nitrogens with one attached hydrogen (secondary N) is 1. The van der Waals surface area contributed by atoms with E-state index in [-0.39, 0.29) is 11.8 Å². The zero-order valence-corrected chi connectivity index (χ0v) is 16.8. The Kier molecular flexibility index (Phi) is 7.59. The lowest BCUT2D eigenvalue weighted by molar-refractivity contribution is -0.140. The highest BCUT2D eigenvalue weighted by atomic mass is 16.2. The molecule has 0 bridgehead atoms. The Morgan fingerprint density at radius 1 is 0.963 bits per heavy atom. The second-order valence-corrected chi connectivity index (χ2v) is 6.99. The molecular weight excluding hydrogens is 336 g/mol. The Labute approximate surface area is 162 Å². The van der Waals surface area contributed by atoms with Gasteiger partial charge in [-0.15, -0.1) is 0 Å². The van der Waals surface area contributed by atoms with E-state index in [4.69, 9.17) is 0 Å². The molecule has 1 N–H and O–H groups in total. The minimum atomic E-state index is -0.469. The first-order valence-electron chi connectivity index (χ1n) is 9.62. The van der Waals surface area contributed by atoms with Gasteiger partial charge in [-0.2, -0.15) is 0 Å². The Morgan fingerprint density at radius 2 is 1.67 bits per heavy atom. The van der Waals surface area contributed by atoms with Gasteiger partial charge in [0.2, 0.25) is 11.8 Å². The van der Waals surface area contributed by atoms with Crippen LogP contribution in [-0.4, -0.2) is 29.3 Å². The van der Waals surface area contributed by atoms with Crippen LogP contribution in [0, 0.1) is 13.8 Å². The molecule has 0 spiro atoms. The highest BCUT2D eigenvalue weighted by molar-refractivity contribution is 5.88. The monoisotopic (exact) mass is 366 g/mol. The van der Waals surface area contributed by atoms with E-state index >= 15 is 0 Å². The van der Waals surface area contributed by atoms with Crippen LogP contribution in [0.2, 0.25) is 0 Å². The SMILES string of the molecule is CCNC(=O)C(CC)N(Cc1cccc(C)c1)C(=O)Cc1ccc(C)cc1. The molecule has 0 aromatic heterocycles. The molecule has 2 aromatic rings. The number of hydrogen-bond donors (Lipinski definition) is 1. The summed E-state index contributed by atoms with van der Waals surface area (Å²) in [4.78, 5) is 27.4. The normalized spacial score (nSPS) is 11.7. The van der Waals surface area contributed by atoms with Crippen LogP contribution < -0.4 is 5.32 Å². The second-order valence-electron chi connectivity index (χ2n) is 6.99. The molecule has 0 aliphatic rings. The zero-order chi connectivity index (χ0) is 19.8. The molecule has 0 saturated heterocycles. The third kappa shape index (κ3) is 5.95. The van der Waals surface area contributed by atoms with Gasteiger partial charge in [0.1, 0.15) is 6.04 Å². The van der Waals surface area contributed by atoms with Crippen LogP contribution in [0.3, 0.4) is 0 Å². The summed E-state index contributed by atoms with van der Waals surface area (Å²) in [5, 5.41) is 2.87. The Bertz CT molecular complexity index is 768. The van der Waals surface area contributed by atoms with Gasteiger partial charge in [0.15, 0.2) is 0 Å². The van der Waals surface area contributed by atoms with Crippen LogP contribution in [0.1, 0.15) is 42.5 Å². The fourth-order valence-electron chi connectivity index (χ4n) is 3.20. The van der Waals surface area contributed by atoms with Crippen LogP contribution >= 0.6 is 0 Å². The molecule has 1 unspecified atom stereocenters. The minimum absolute atomic E-state index is 0.0292. The maximum absolute atomic E-state index is 13.1. The number of amides is 2. The van der Waals surface area contributed by atoms with Gasteiger partial charge in [0.05, 0.1) is 6.42 Å². The number of rotatable bonds is 8. The molecule has 144 valence electrons. The van der Waals surface area contributed by atoms with Crippen molar-refractivity contribution in [3.8, 4) is 0 Å². The quantitative estimate of drug-likeness (QED) is 0.773. The standard InChI is InChI=1S/C23H30N2O2/c1-5-21(23(27)24-6-2)25(16-20-9-7-8-18(4)14-20)22(26)15-19-12-10-17(3)11-13-19/h7-14,21H,5-6,15-16H2,1-4H3,(H,24,27). The molecule has 2 rings (SSSR count). The first kappa shape index (κ1) is 20.7. The molecular formula is C23H30N2O2. The van der Waals surface area contributed by atoms with E-state index in [9.17, 15) is 9.59 Å². The number of benzene rings is 2. The van der Waals surface area contributed by atoms with Gasteiger partial charge in [-0.3, -0.25) is 9.59 Å². The number of likely N-dealkylation sites (N-methyl/N-ethyl adjacent to an activating group) is 1. The molecule has 2 aromatic carbocycles. The second kappa shape index (κ2) is 9.91. The first-order chi connectivity index (χ1) is 12.9. The van der Waals surface area contributed by atoms with Gasteiger partial charge in [-0.1, -0.05) is 66.6 Å². The van der Waals surface area contributed by atoms with Crippen LogP contribution in [0.15, 0.2) is 48.5 Å². The van der Waals surface area contributed by atoms with E-state index in [0.717, 1.165) is 22.3 Å². The van der Waals surface area contributed by atoms with Crippen LogP contribution in [-0.2, 0) is 22.6 Å². The van der Waals surface area contributed by atoms with Crippen molar-refractivity contribution in [1.82, 2.24) is 10.2 Å². The molecule has 1 atom stereocenters. The van der Waals surface area contributed by atoms with Gasteiger partial charge in [0.25, 0.3) is 0 Å². The average Bonchev–Trinajstić information content (AvgIpc) is 2.63. The van der Waals surface area contributed by atoms with E-state index in [0.29, 0.717) is 25.9 Å². The largest absolute Gasteiger partial charge is 0.355 e. The molecule has 0 saturated carbocycles. The van der Waals surface area contributed by atoms with Crippen molar-refractivity contribution < 1.29 is 9.59 Å². The summed E-state index contributed by atoms with van der Waals surface area (Å²) in [6, 6.07) is 15.6. The molecule has 0 aliphatic heterocycles. The Balaban J connectivity index is 2.27. The number of aryl methyl sites for hydroxylation is 2. The topological polar surface area (TPSA) is 49.4 Å². The van der Waals surface area contributed by atoms with Crippen molar-refractivity contribution in [2.75, 3.05) is 6.54 Å². The summed E-state index contributed by atoms with van der Waals surface area (Å²) in [6.07, 6.45) is 0.874. The molecule has 4 nitrogen and oxygen atoms in total. The molecule has 0 aliphatic carbocycles.